The summed E-state index contributed by atoms with van der Waals surface area (Å²) in [6, 6.07) is 0.272. The smallest absolute Gasteiger partial charge is 0.270 e. The Morgan fingerprint density at radius 1 is 1.19 bits per heavy atom. The second-order valence-electron chi connectivity index (χ2n) is 5.36. The number of unbranched alkanes of at least 4 members (excludes halogenated alkanes) is 1. The second kappa shape index (κ2) is 6.73. The van der Waals surface area contributed by atoms with Crippen molar-refractivity contribution in [1.29, 1.82) is 0 Å². The first-order valence-corrected chi connectivity index (χ1v) is 9.02. The topological polar surface area (TPSA) is 0 Å². The summed E-state index contributed by atoms with van der Waals surface area (Å²) in [4.78, 5) is 0. The van der Waals surface area contributed by atoms with E-state index in [1.165, 1.54) is 0 Å². The fourth-order valence-electron chi connectivity index (χ4n) is 2.84. The third-order valence-electron chi connectivity index (χ3n) is 4.06. The molecule has 1 unspecified atom stereocenters. The fraction of sp³-hybridized carbons (Fsp3) is 1.00. The first kappa shape index (κ1) is 14.1. The lowest BCUT2D eigenvalue weighted by atomic mass is 10.0. The zero-order valence-corrected chi connectivity index (χ0v) is 11.8. The van der Waals surface area contributed by atoms with Gasteiger partial charge in [-0.05, 0) is 18.8 Å². The van der Waals surface area contributed by atoms with Crippen molar-refractivity contribution in [3.8, 4) is 0 Å². The molecule has 0 bridgehead atoms. The van der Waals surface area contributed by atoms with Crippen LogP contribution in [0.25, 0.3) is 0 Å². The van der Waals surface area contributed by atoms with E-state index in [-0.39, 0.29) is 11.6 Å². The van der Waals surface area contributed by atoms with Crippen molar-refractivity contribution in [3.63, 3.8) is 0 Å². The van der Waals surface area contributed by atoms with Gasteiger partial charge in [0.1, 0.15) is 0 Å². The van der Waals surface area contributed by atoms with Gasteiger partial charge >= 0.3 is 8.74 Å². The molecule has 0 nitrogen and oxygen atoms in total. The molecule has 16 heavy (non-hydrogen) atoms. The van der Waals surface area contributed by atoms with Crippen LogP contribution < -0.4 is 0 Å². The van der Waals surface area contributed by atoms with Crippen LogP contribution in [0.5, 0.6) is 0 Å². The fourth-order valence-corrected chi connectivity index (χ4v) is 5.69. The highest BCUT2D eigenvalue weighted by atomic mass is 28.4. The van der Waals surface area contributed by atoms with E-state index in [1.54, 1.807) is 0 Å². The van der Waals surface area contributed by atoms with Crippen LogP contribution >= 0.6 is 0 Å². The summed E-state index contributed by atoms with van der Waals surface area (Å²) in [7, 11) is -3.90. The highest BCUT2D eigenvalue weighted by molar-refractivity contribution is 6.67. The lowest BCUT2D eigenvalue weighted by Crippen LogP contribution is -2.31. The van der Waals surface area contributed by atoms with Crippen molar-refractivity contribution < 1.29 is 8.22 Å². The SMILES string of the molecule is CCCCC(CC)C[Si](F)(F)C1CCCC1. The Labute approximate surface area is 100 Å². The molecule has 1 atom stereocenters. The van der Waals surface area contributed by atoms with Gasteiger partial charge in [0, 0.05) is 11.6 Å². The minimum absolute atomic E-state index is 0.178. The largest absolute Gasteiger partial charge is 0.428 e. The highest BCUT2D eigenvalue weighted by Gasteiger charge is 2.46. The van der Waals surface area contributed by atoms with Gasteiger partial charge in [0.05, 0.1) is 0 Å². The van der Waals surface area contributed by atoms with Crippen molar-refractivity contribution in [1.82, 2.24) is 0 Å². The Hall–Kier alpha value is 0.0769. The van der Waals surface area contributed by atoms with E-state index in [2.05, 4.69) is 13.8 Å². The van der Waals surface area contributed by atoms with Gasteiger partial charge < -0.3 is 0 Å². The Balaban J connectivity index is 2.41. The Bertz CT molecular complexity index is 188. The molecule has 0 spiro atoms. The van der Waals surface area contributed by atoms with E-state index in [0.29, 0.717) is 5.92 Å². The van der Waals surface area contributed by atoms with Gasteiger partial charge in [-0.25, -0.2) is 0 Å². The molecule has 0 aromatic carbocycles. The summed E-state index contributed by atoms with van der Waals surface area (Å²) in [6.07, 6.45) is 7.91. The molecule has 0 saturated heterocycles. The zero-order chi connectivity index (χ0) is 12.0. The van der Waals surface area contributed by atoms with Crippen molar-refractivity contribution >= 4 is 8.74 Å². The first-order chi connectivity index (χ1) is 7.60. The number of rotatable bonds is 7. The summed E-state index contributed by atoms with van der Waals surface area (Å²) in [5.41, 5.74) is -0.178. The standard InChI is InChI=1S/C13H26F2Si/c1-3-5-8-12(4-2)11-16(14,15)13-9-6-7-10-13/h12-13H,3-11H2,1-2H3. The molecule has 0 aromatic heterocycles. The molecule has 3 heteroatoms. The molecule has 0 N–H and O–H groups in total. The van der Waals surface area contributed by atoms with Gasteiger partial charge in [-0.1, -0.05) is 52.4 Å². The minimum atomic E-state index is -3.90. The molecule has 0 aliphatic heterocycles. The average molecular weight is 248 g/mol. The van der Waals surface area contributed by atoms with E-state index in [4.69, 9.17) is 0 Å². The normalized spacial score (nSPS) is 20.2. The van der Waals surface area contributed by atoms with Crippen molar-refractivity contribution in [2.75, 3.05) is 0 Å². The first-order valence-electron chi connectivity index (χ1n) is 6.98. The van der Waals surface area contributed by atoms with Crippen LogP contribution in [0.2, 0.25) is 11.6 Å². The van der Waals surface area contributed by atoms with Crippen molar-refractivity contribution in [2.24, 2.45) is 5.92 Å². The van der Waals surface area contributed by atoms with Gasteiger partial charge in [0.2, 0.25) is 0 Å². The van der Waals surface area contributed by atoms with Crippen molar-refractivity contribution in [3.05, 3.63) is 0 Å². The summed E-state index contributed by atoms with van der Waals surface area (Å²) >= 11 is 0. The molecule has 1 aliphatic carbocycles. The predicted molar refractivity (Wildman–Crippen MR) is 68.3 cm³/mol. The minimum Gasteiger partial charge on any atom is -0.270 e. The van der Waals surface area contributed by atoms with E-state index in [1.807, 2.05) is 0 Å². The van der Waals surface area contributed by atoms with Gasteiger partial charge in [-0.3, -0.25) is 8.22 Å². The lowest BCUT2D eigenvalue weighted by molar-refractivity contribution is 0.436. The molecule has 1 saturated carbocycles. The zero-order valence-electron chi connectivity index (χ0n) is 10.8. The monoisotopic (exact) mass is 248 g/mol. The number of hydrogen-bond donors (Lipinski definition) is 0. The molecule has 0 aromatic rings. The second-order valence-corrected chi connectivity index (χ2v) is 8.11. The summed E-state index contributed by atoms with van der Waals surface area (Å²) in [5, 5.41) is 0. The van der Waals surface area contributed by atoms with Crippen LogP contribution in [0.1, 0.15) is 65.2 Å². The quantitative estimate of drug-likeness (QED) is 0.410. The van der Waals surface area contributed by atoms with Crippen molar-refractivity contribution in [2.45, 2.75) is 76.8 Å². The Morgan fingerprint density at radius 3 is 2.31 bits per heavy atom. The summed E-state index contributed by atoms with van der Waals surface area (Å²) < 4.78 is 28.3. The molecular weight excluding hydrogens is 222 g/mol. The van der Waals surface area contributed by atoms with Gasteiger partial charge in [-0.2, -0.15) is 0 Å². The molecule has 1 fully saturated rings. The maximum Gasteiger partial charge on any atom is 0.428 e. The molecule has 0 heterocycles. The lowest BCUT2D eigenvalue weighted by Gasteiger charge is -2.24. The number of halogens is 2. The van der Waals surface area contributed by atoms with Gasteiger partial charge in [0.25, 0.3) is 0 Å². The Morgan fingerprint density at radius 2 is 1.81 bits per heavy atom. The maximum absolute atomic E-state index is 14.1. The van der Waals surface area contributed by atoms with Crippen LogP contribution in [0.4, 0.5) is 8.22 Å². The van der Waals surface area contributed by atoms with Crippen LogP contribution in [0.3, 0.4) is 0 Å². The van der Waals surface area contributed by atoms with E-state index >= 15 is 0 Å². The third-order valence-corrected chi connectivity index (χ3v) is 6.95. The van der Waals surface area contributed by atoms with E-state index in [9.17, 15) is 8.22 Å². The summed E-state index contributed by atoms with van der Waals surface area (Å²) in [6.45, 7) is 4.21. The maximum atomic E-state index is 14.1. The van der Waals surface area contributed by atoms with Gasteiger partial charge in [-0.15, -0.1) is 0 Å². The molecule has 96 valence electrons. The third kappa shape index (κ3) is 4.15. The summed E-state index contributed by atoms with van der Waals surface area (Å²) in [5.74, 6) is 0.294. The van der Waals surface area contributed by atoms with E-state index < -0.39 is 8.74 Å². The average Bonchev–Trinajstić information content (AvgIpc) is 2.78. The molecule has 1 rings (SSSR count). The van der Waals surface area contributed by atoms with E-state index in [0.717, 1.165) is 51.4 Å². The van der Waals surface area contributed by atoms with Crippen LogP contribution in [0, 0.1) is 5.92 Å². The van der Waals surface area contributed by atoms with Crippen LogP contribution in [-0.2, 0) is 0 Å². The number of hydrogen-bond acceptors (Lipinski definition) is 0. The highest BCUT2D eigenvalue weighted by Crippen LogP contribution is 2.44. The predicted octanol–water partition coefficient (Wildman–Crippen LogP) is 5.53. The van der Waals surface area contributed by atoms with Crippen LogP contribution in [-0.4, -0.2) is 8.74 Å². The molecular formula is C13H26F2Si. The Kier molecular flexibility index (Phi) is 5.94. The molecule has 0 amide bonds. The molecule has 0 radical (unpaired) electrons. The molecule has 1 aliphatic rings. The van der Waals surface area contributed by atoms with Gasteiger partial charge in [0.15, 0.2) is 0 Å². The van der Waals surface area contributed by atoms with Crippen LogP contribution in [0.15, 0.2) is 0 Å².